The van der Waals surface area contributed by atoms with E-state index >= 15 is 0 Å². The van der Waals surface area contributed by atoms with Gasteiger partial charge in [0.1, 0.15) is 0 Å². The molecule has 0 spiro atoms. The van der Waals surface area contributed by atoms with E-state index in [1.807, 2.05) is 49.4 Å². The van der Waals surface area contributed by atoms with Crippen LogP contribution in [0.3, 0.4) is 0 Å². The molecule has 31 heavy (non-hydrogen) atoms. The van der Waals surface area contributed by atoms with Crippen molar-refractivity contribution in [3.63, 3.8) is 0 Å². The number of dihydropyridines is 1. The molecule has 1 aliphatic rings. The van der Waals surface area contributed by atoms with E-state index in [4.69, 9.17) is 11.6 Å². The molecule has 1 heterocycles. The Balaban J connectivity index is 1.80. The number of carbonyl (C=O) groups excluding carboxylic acids is 2. The third-order valence-corrected chi connectivity index (χ3v) is 6.18. The number of rotatable bonds is 7. The molecule has 3 rings (SSSR count). The number of halogens is 1. The summed E-state index contributed by atoms with van der Waals surface area (Å²) in [6, 6.07) is 19.0. The summed E-state index contributed by atoms with van der Waals surface area (Å²) in [5.41, 5.74) is 3.45. The number of nitriles is 1. The van der Waals surface area contributed by atoms with E-state index in [2.05, 4.69) is 16.7 Å². The summed E-state index contributed by atoms with van der Waals surface area (Å²) in [6.07, 6.45) is 0. The predicted octanol–water partition coefficient (Wildman–Crippen LogP) is 4.67. The Labute approximate surface area is 191 Å². The standard InChI is InChI=1S/C24H22ClN3O2S/c1-15-22(16(2)29)23(18-8-10-19(25)11-9-18)20(12-26)24(28-15)31-14-21(30)27-13-17-6-4-3-5-7-17/h3-11,23,28H,13-14H2,1-2H3,(H,27,30)/t23-/m1/s1. The van der Waals surface area contributed by atoms with Gasteiger partial charge in [-0.2, -0.15) is 5.26 Å². The van der Waals surface area contributed by atoms with Gasteiger partial charge in [0.15, 0.2) is 5.78 Å². The van der Waals surface area contributed by atoms with Crippen molar-refractivity contribution in [2.45, 2.75) is 26.3 Å². The number of carbonyl (C=O) groups is 2. The molecular formula is C24H22ClN3O2S. The molecule has 1 amide bonds. The molecule has 0 saturated heterocycles. The topological polar surface area (TPSA) is 82.0 Å². The van der Waals surface area contributed by atoms with Crippen LogP contribution in [0.2, 0.25) is 5.02 Å². The number of hydrogen-bond donors (Lipinski definition) is 2. The number of Topliss-reactive ketones (excluding diaryl/α,β-unsaturated/α-hetero) is 1. The monoisotopic (exact) mass is 451 g/mol. The number of hydrogen-bond acceptors (Lipinski definition) is 5. The lowest BCUT2D eigenvalue weighted by Gasteiger charge is -2.29. The van der Waals surface area contributed by atoms with E-state index < -0.39 is 5.92 Å². The average Bonchev–Trinajstić information content (AvgIpc) is 2.76. The van der Waals surface area contributed by atoms with Crippen LogP contribution in [0.15, 0.2) is 76.5 Å². The fourth-order valence-corrected chi connectivity index (χ4v) is 4.51. The summed E-state index contributed by atoms with van der Waals surface area (Å²) >= 11 is 7.27. The van der Waals surface area contributed by atoms with Gasteiger partial charge in [-0.3, -0.25) is 9.59 Å². The summed E-state index contributed by atoms with van der Waals surface area (Å²) in [7, 11) is 0. The van der Waals surface area contributed by atoms with Crippen LogP contribution >= 0.6 is 23.4 Å². The maximum atomic E-state index is 12.4. The average molecular weight is 452 g/mol. The first-order valence-corrected chi connectivity index (χ1v) is 11.1. The van der Waals surface area contributed by atoms with Gasteiger partial charge in [-0.25, -0.2) is 0 Å². The number of benzene rings is 2. The largest absolute Gasteiger partial charge is 0.353 e. The summed E-state index contributed by atoms with van der Waals surface area (Å²) in [4.78, 5) is 24.7. The van der Waals surface area contributed by atoms with E-state index in [9.17, 15) is 14.9 Å². The molecule has 2 aromatic rings. The SMILES string of the molecule is CC(=O)C1=C(C)NC(SCC(=O)NCc2ccccc2)=C(C#N)[C@H]1c1ccc(Cl)cc1. The molecule has 0 saturated carbocycles. The number of nitrogens with zero attached hydrogens (tertiary/aromatic N) is 1. The Bertz CT molecular complexity index is 1090. The van der Waals surface area contributed by atoms with Crippen molar-refractivity contribution in [2.75, 3.05) is 5.75 Å². The number of thioether (sulfide) groups is 1. The molecule has 0 unspecified atom stereocenters. The number of amides is 1. The van der Waals surface area contributed by atoms with Crippen molar-refractivity contribution in [3.05, 3.63) is 92.6 Å². The highest BCUT2D eigenvalue weighted by atomic mass is 35.5. The van der Waals surface area contributed by atoms with E-state index in [1.54, 1.807) is 12.1 Å². The first kappa shape index (κ1) is 22.7. The quantitative estimate of drug-likeness (QED) is 0.639. The highest BCUT2D eigenvalue weighted by Gasteiger charge is 2.33. The van der Waals surface area contributed by atoms with E-state index in [-0.39, 0.29) is 17.4 Å². The summed E-state index contributed by atoms with van der Waals surface area (Å²) in [5.74, 6) is -0.600. The van der Waals surface area contributed by atoms with Crippen molar-refractivity contribution in [3.8, 4) is 6.07 Å². The smallest absolute Gasteiger partial charge is 0.230 e. The van der Waals surface area contributed by atoms with Gasteiger partial charge in [0.25, 0.3) is 0 Å². The predicted molar refractivity (Wildman–Crippen MR) is 124 cm³/mol. The molecule has 0 bridgehead atoms. The molecule has 7 heteroatoms. The van der Waals surface area contributed by atoms with Crippen molar-refractivity contribution in [1.82, 2.24) is 10.6 Å². The Kier molecular flexibility index (Phi) is 7.56. The zero-order chi connectivity index (χ0) is 22.4. The Hall–Kier alpha value is -3.01. The third-order valence-electron chi connectivity index (χ3n) is 4.91. The fourth-order valence-electron chi connectivity index (χ4n) is 3.47. The highest BCUT2D eigenvalue weighted by Crippen LogP contribution is 2.41. The van der Waals surface area contributed by atoms with Crippen LogP contribution in [0.25, 0.3) is 0 Å². The van der Waals surface area contributed by atoms with Crippen LogP contribution < -0.4 is 10.6 Å². The van der Waals surface area contributed by atoms with Gasteiger partial charge in [-0.15, -0.1) is 0 Å². The Morgan fingerprint density at radius 1 is 1.16 bits per heavy atom. The second-order valence-electron chi connectivity index (χ2n) is 7.11. The molecule has 1 atom stereocenters. The zero-order valence-electron chi connectivity index (χ0n) is 17.2. The van der Waals surface area contributed by atoms with Crippen molar-refractivity contribution >= 4 is 35.1 Å². The minimum absolute atomic E-state index is 0.109. The lowest BCUT2D eigenvalue weighted by molar-refractivity contribution is -0.118. The van der Waals surface area contributed by atoms with Crippen molar-refractivity contribution in [1.29, 1.82) is 5.26 Å². The van der Waals surface area contributed by atoms with Crippen molar-refractivity contribution in [2.24, 2.45) is 0 Å². The Morgan fingerprint density at radius 3 is 2.45 bits per heavy atom. The van der Waals surface area contributed by atoms with Gasteiger partial charge >= 0.3 is 0 Å². The van der Waals surface area contributed by atoms with E-state index in [1.165, 1.54) is 18.7 Å². The van der Waals surface area contributed by atoms with Crippen molar-refractivity contribution < 1.29 is 9.59 Å². The van der Waals surface area contributed by atoms with Gasteiger partial charge < -0.3 is 10.6 Å². The van der Waals surface area contributed by atoms with Crippen LogP contribution in [-0.4, -0.2) is 17.4 Å². The summed E-state index contributed by atoms with van der Waals surface area (Å²) < 4.78 is 0. The normalized spacial score (nSPS) is 15.9. The molecule has 2 aromatic carbocycles. The zero-order valence-corrected chi connectivity index (χ0v) is 18.8. The van der Waals surface area contributed by atoms with Crippen LogP contribution in [-0.2, 0) is 16.1 Å². The lowest BCUT2D eigenvalue weighted by Crippen LogP contribution is -2.29. The third kappa shape index (κ3) is 5.57. The van der Waals surface area contributed by atoms with E-state index in [0.717, 1.165) is 11.1 Å². The molecule has 0 fully saturated rings. The molecule has 158 valence electrons. The van der Waals surface area contributed by atoms with Gasteiger partial charge in [-0.1, -0.05) is 65.8 Å². The van der Waals surface area contributed by atoms with Crippen LogP contribution in [0.1, 0.15) is 30.9 Å². The summed E-state index contributed by atoms with van der Waals surface area (Å²) in [5, 5.41) is 17.1. The summed E-state index contributed by atoms with van der Waals surface area (Å²) in [6.45, 7) is 3.75. The van der Waals surface area contributed by atoms with Crippen LogP contribution in [0.5, 0.6) is 0 Å². The fraction of sp³-hybridized carbons (Fsp3) is 0.208. The molecular weight excluding hydrogens is 430 g/mol. The second-order valence-corrected chi connectivity index (χ2v) is 8.53. The minimum atomic E-state index is -0.504. The van der Waals surface area contributed by atoms with Crippen LogP contribution in [0, 0.1) is 11.3 Å². The Morgan fingerprint density at radius 2 is 1.84 bits per heavy atom. The number of allylic oxidation sites excluding steroid dienone is 3. The van der Waals surface area contributed by atoms with Gasteiger partial charge in [0.2, 0.25) is 5.91 Å². The molecule has 0 aromatic heterocycles. The van der Waals surface area contributed by atoms with Gasteiger partial charge in [-0.05, 0) is 37.1 Å². The second kappa shape index (κ2) is 10.3. The molecule has 1 aliphatic heterocycles. The van der Waals surface area contributed by atoms with E-state index in [0.29, 0.717) is 33.4 Å². The number of ketones is 1. The maximum Gasteiger partial charge on any atom is 0.230 e. The maximum absolute atomic E-state index is 12.4. The lowest BCUT2D eigenvalue weighted by atomic mass is 9.81. The first-order chi connectivity index (χ1) is 14.9. The van der Waals surface area contributed by atoms with Gasteiger partial charge in [0, 0.05) is 22.8 Å². The molecule has 0 radical (unpaired) electrons. The molecule has 5 nitrogen and oxygen atoms in total. The minimum Gasteiger partial charge on any atom is -0.353 e. The molecule has 2 N–H and O–H groups in total. The van der Waals surface area contributed by atoms with Crippen LogP contribution in [0.4, 0.5) is 0 Å². The van der Waals surface area contributed by atoms with Gasteiger partial charge in [0.05, 0.1) is 28.3 Å². The number of nitrogens with one attached hydrogen (secondary N) is 2. The first-order valence-electron chi connectivity index (χ1n) is 9.72. The molecule has 0 aliphatic carbocycles. The highest BCUT2D eigenvalue weighted by molar-refractivity contribution is 8.03.